The number of hydrogen-bond acceptors (Lipinski definition) is 5. The van der Waals surface area contributed by atoms with Crippen LogP contribution in [0.15, 0.2) is 35.3 Å². The minimum atomic E-state index is -1.56. The van der Waals surface area contributed by atoms with Crippen LogP contribution in [0.25, 0.3) is 16.7 Å². The lowest BCUT2D eigenvalue weighted by Crippen LogP contribution is -2.40. The third kappa shape index (κ3) is 3.13. The second-order valence-corrected chi connectivity index (χ2v) is 8.51. The Labute approximate surface area is 179 Å². The lowest BCUT2D eigenvalue weighted by atomic mass is 9.94. The first-order valence-electron chi connectivity index (χ1n) is 10.2. The van der Waals surface area contributed by atoms with Crippen LogP contribution in [0.4, 0.5) is 19.0 Å². The molecule has 0 amide bonds. The average Bonchev–Trinajstić information content (AvgIpc) is 3.35. The summed E-state index contributed by atoms with van der Waals surface area (Å²) in [5.41, 5.74) is 4.03. The summed E-state index contributed by atoms with van der Waals surface area (Å²) in [4.78, 5) is 30.4. The van der Waals surface area contributed by atoms with Gasteiger partial charge >= 0.3 is 5.97 Å². The van der Waals surface area contributed by atoms with E-state index in [2.05, 4.69) is 4.98 Å². The smallest absolute Gasteiger partial charge is 0.341 e. The molecule has 3 N–H and O–H groups in total. The van der Waals surface area contributed by atoms with Crippen LogP contribution in [0, 0.1) is 22.9 Å². The van der Waals surface area contributed by atoms with Gasteiger partial charge in [-0.15, -0.1) is 0 Å². The highest BCUT2D eigenvalue weighted by atomic mass is 19.1. The summed E-state index contributed by atoms with van der Waals surface area (Å²) in [6.45, 7) is 1.04. The maximum absolute atomic E-state index is 15.1. The van der Waals surface area contributed by atoms with E-state index < -0.39 is 34.4 Å². The van der Waals surface area contributed by atoms with E-state index in [4.69, 9.17) is 5.73 Å². The maximum atomic E-state index is 15.1. The van der Waals surface area contributed by atoms with Crippen molar-refractivity contribution < 1.29 is 23.1 Å². The number of nitrogens with zero attached hydrogens (tertiary/aromatic N) is 3. The number of carboxylic acid groups (broad SMARTS) is 1. The summed E-state index contributed by atoms with van der Waals surface area (Å²) in [6, 6.07) is 3.70. The molecule has 32 heavy (non-hydrogen) atoms. The average molecular weight is 444 g/mol. The molecule has 5 rings (SSSR count). The fourth-order valence-electron chi connectivity index (χ4n) is 4.64. The van der Waals surface area contributed by atoms with Gasteiger partial charge in [0, 0.05) is 36.8 Å². The summed E-state index contributed by atoms with van der Waals surface area (Å²) < 4.78 is 44.2. The van der Waals surface area contributed by atoms with Crippen LogP contribution >= 0.6 is 0 Å². The van der Waals surface area contributed by atoms with Gasteiger partial charge in [0.2, 0.25) is 5.43 Å². The molecule has 1 aliphatic carbocycles. The van der Waals surface area contributed by atoms with Gasteiger partial charge in [0.05, 0.1) is 11.1 Å². The fraction of sp³-hybridized carbons (Fsp3) is 0.318. The first-order chi connectivity index (χ1) is 15.2. The van der Waals surface area contributed by atoms with Crippen molar-refractivity contribution in [3.05, 3.63) is 63.7 Å². The van der Waals surface area contributed by atoms with Crippen molar-refractivity contribution in [3.63, 3.8) is 0 Å². The number of anilines is 1. The number of pyridine rings is 2. The summed E-state index contributed by atoms with van der Waals surface area (Å²) >= 11 is 0. The van der Waals surface area contributed by atoms with Crippen molar-refractivity contribution in [1.82, 2.24) is 9.55 Å². The first kappa shape index (κ1) is 20.5. The van der Waals surface area contributed by atoms with E-state index >= 15 is 4.39 Å². The second-order valence-electron chi connectivity index (χ2n) is 8.51. The molecule has 2 aromatic heterocycles. The SMILES string of the molecule is NC1CC12CCCN(c1nc3c(cc1F)c(=O)c(C(=O)O)cn3-c1ccc(F)cc1F)C2. The predicted molar refractivity (Wildman–Crippen MR) is 111 cm³/mol. The van der Waals surface area contributed by atoms with E-state index in [0.29, 0.717) is 19.2 Å². The van der Waals surface area contributed by atoms with Crippen LogP contribution in [-0.2, 0) is 0 Å². The molecule has 166 valence electrons. The van der Waals surface area contributed by atoms with Crippen LogP contribution in [-0.4, -0.2) is 39.8 Å². The molecule has 2 atom stereocenters. The Kier molecular flexibility index (Phi) is 4.52. The number of nitrogens with two attached hydrogens (primary N) is 1. The highest BCUT2D eigenvalue weighted by Gasteiger charge is 2.54. The van der Waals surface area contributed by atoms with Crippen molar-refractivity contribution in [2.75, 3.05) is 18.0 Å². The zero-order chi connectivity index (χ0) is 22.8. The highest BCUT2D eigenvalue weighted by Crippen LogP contribution is 2.51. The molecule has 1 saturated carbocycles. The number of aromatic carboxylic acids is 1. The van der Waals surface area contributed by atoms with Crippen LogP contribution in [0.1, 0.15) is 29.6 Å². The van der Waals surface area contributed by atoms with Crippen molar-refractivity contribution in [2.24, 2.45) is 11.1 Å². The van der Waals surface area contributed by atoms with E-state index in [-0.39, 0.29) is 34.0 Å². The number of rotatable bonds is 3. The standard InChI is InChI=1S/C22H19F3N4O3/c23-11-2-3-16(14(24)6-11)29-9-13(21(31)32)18(30)12-7-15(25)20(27-19(12)29)28-5-1-4-22(10-28)8-17(22)26/h2-3,6-7,9,17H,1,4-5,8,10,26H2,(H,31,32). The Morgan fingerprint density at radius 2 is 1.97 bits per heavy atom. The molecule has 2 unspecified atom stereocenters. The van der Waals surface area contributed by atoms with Gasteiger partial charge in [-0.05, 0) is 37.5 Å². The molecule has 0 radical (unpaired) electrons. The van der Waals surface area contributed by atoms with Gasteiger partial charge in [0.1, 0.15) is 17.2 Å². The molecule has 3 heterocycles. The van der Waals surface area contributed by atoms with Gasteiger partial charge in [0.15, 0.2) is 17.3 Å². The topological polar surface area (TPSA) is 101 Å². The Morgan fingerprint density at radius 1 is 1.22 bits per heavy atom. The largest absolute Gasteiger partial charge is 0.477 e. The predicted octanol–water partition coefficient (Wildman–Crippen LogP) is 2.82. The molecule has 10 heteroatoms. The number of carbonyl (C=O) groups is 1. The molecule has 2 aliphatic rings. The van der Waals surface area contributed by atoms with Gasteiger partial charge in [-0.2, -0.15) is 0 Å². The lowest BCUT2D eigenvalue weighted by Gasteiger charge is -2.34. The summed E-state index contributed by atoms with van der Waals surface area (Å²) in [7, 11) is 0. The van der Waals surface area contributed by atoms with Crippen molar-refractivity contribution in [3.8, 4) is 5.69 Å². The minimum absolute atomic E-state index is 0.0191. The number of halogens is 3. The zero-order valence-corrected chi connectivity index (χ0v) is 16.8. The fourth-order valence-corrected chi connectivity index (χ4v) is 4.64. The molecular formula is C22H19F3N4O3. The summed E-state index contributed by atoms with van der Waals surface area (Å²) in [5.74, 6) is -4.17. The molecule has 0 bridgehead atoms. The molecular weight excluding hydrogens is 425 g/mol. The second kappa shape index (κ2) is 7.06. The van der Waals surface area contributed by atoms with Gasteiger partial charge in [-0.3, -0.25) is 9.36 Å². The Morgan fingerprint density at radius 3 is 2.62 bits per heavy atom. The number of benzene rings is 1. The Balaban J connectivity index is 1.74. The van der Waals surface area contributed by atoms with E-state index in [1.54, 1.807) is 4.90 Å². The van der Waals surface area contributed by atoms with Gasteiger partial charge in [-0.1, -0.05) is 0 Å². The van der Waals surface area contributed by atoms with Crippen LogP contribution in [0.2, 0.25) is 0 Å². The first-order valence-corrected chi connectivity index (χ1v) is 10.2. The van der Waals surface area contributed by atoms with E-state index in [1.165, 1.54) is 0 Å². The van der Waals surface area contributed by atoms with Gasteiger partial charge in [-0.25, -0.2) is 22.9 Å². The van der Waals surface area contributed by atoms with Crippen molar-refractivity contribution >= 4 is 22.8 Å². The van der Waals surface area contributed by atoms with Gasteiger partial charge in [0.25, 0.3) is 0 Å². The third-order valence-electron chi connectivity index (χ3n) is 6.47. The zero-order valence-electron chi connectivity index (χ0n) is 16.8. The van der Waals surface area contributed by atoms with Gasteiger partial charge < -0.3 is 15.7 Å². The molecule has 3 aromatic rings. The van der Waals surface area contributed by atoms with E-state index in [9.17, 15) is 23.5 Å². The third-order valence-corrected chi connectivity index (χ3v) is 6.47. The molecule has 1 saturated heterocycles. The number of fused-ring (bicyclic) bond motifs is 1. The van der Waals surface area contributed by atoms with Crippen LogP contribution < -0.4 is 16.1 Å². The molecule has 1 aromatic carbocycles. The number of hydrogen-bond donors (Lipinski definition) is 2. The Bertz CT molecular complexity index is 1340. The van der Waals surface area contributed by atoms with Crippen molar-refractivity contribution in [1.29, 1.82) is 0 Å². The lowest BCUT2D eigenvalue weighted by molar-refractivity contribution is 0.0695. The maximum Gasteiger partial charge on any atom is 0.341 e. The number of piperidine rings is 1. The van der Waals surface area contributed by atoms with Crippen LogP contribution in [0.3, 0.4) is 0 Å². The minimum Gasteiger partial charge on any atom is -0.477 e. The van der Waals surface area contributed by atoms with E-state index in [1.807, 2.05) is 0 Å². The monoisotopic (exact) mass is 444 g/mol. The highest BCUT2D eigenvalue weighted by molar-refractivity contribution is 5.92. The summed E-state index contributed by atoms with van der Waals surface area (Å²) in [6.07, 6.45) is 3.50. The molecule has 1 aliphatic heterocycles. The number of aromatic nitrogens is 2. The number of carboxylic acids is 1. The summed E-state index contributed by atoms with van der Waals surface area (Å²) in [5, 5.41) is 9.11. The molecule has 7 nitrogen and oxygen atoms in total. The quantitative estimate of drug-likeness (QED) is 0.644. The van der Waals surface area contributed by atoms with E-state index in [0.717, 1.165) is 48.2 Å². The molecule has 2 fully saturated rings. The Hall–Kier alpha value is -3.40. The normalized spacial score (nSPS) is 22.5. The van der Waals surface area contributed by atoms with Crippen LogP contribution in [0.5, 0.6) is 0 Å². The molecule has 1 spiro atoms. The van der Waals surface area contributed by atoms with Crippen molar-refractivity contribution in [2.45, 2.75) is 25.3 Å².